The summed E-state index contributed by atoms with van der Waals surface area (Å²) in [5, 5.41) is 0. The van der Waals surface area contributed by atoms with E-state index in [1.165, 1.54) is 0 Å². The van der Waals surface area contributed by atoms with Crippen molar-refractivity contribution in [1.29, 1.82) is 0 Å². The summed E-state index contributed by atoms with van der Waals surface area (Å²) in [6.07, 6.45) is 2.30. The molecule has 1 aliphatic rings. The number of carbonyl (C=O) groups is 1. The van der Waals surface area contributed by atoms with Crippen LogP contribution in [0.3, 0.4) is 0 Å². The number of hydrogen-bond donors (Lipinski definition) is 0. The molecule has 0 aliphatic carbocycles. The van der Waals surface area contributed by atoms with Crippen molar-refractivity contribution >= 4 is 6.03 Å². The van der Waals surface area contributed by atoms with E-state index in [1.807, 2.05) is 23.6 Å². The average molecular weight is 240 g/mol. The number of hydrogen-bond acceptors (Lipinski definition) is 1. The van der Waals surface area contributed by atoms with Crippen LogP contribution in [0.4, 0.5) is 4.79 Å². The van der Waals surface area contributed by atoms with Crippen LogP contribution in [0.2, 0.25) is 0 Å². The summed E-state index contributed by atoms with van der Waals surface area (Å²) in [4.78, 5) is 16.1. The van der Waals surface area contributed by atoms with Crippen LogP contribution in [0.5, 0.6) is 0 Å². The SMILES string of the molecule is CCN(CC)C(=O)N1CCC(C(C)(C)C)CC1. The van der Waals surface area contributed by atoms with Gasteiger partial charge in [0, 0.05) is 26.2 Å². The van der Waals surface area contributed by atoms with Crippen LogP contribution in [0.25, 0.3) is 0 Å². The van der Waals surface area contributed by atoms with Crippen molar-refractivity contribution in [3.05, 3.63) is 0 Å². The summed E-state index contributed by atoms with van der Waals surface area (Å²) < 4.78 is 0. The van der Waals surface area contributed by atoms with Crippen molar-refractivity contribution in [1.82, 2.24) is 9.80 Å². The maximum atomic E-state index is 12.2. The highest BCUT2D eigenvalue weighted by Crippen LogP contribution is 2.34. The zero-order valence-corrected chi connectivity index (χ0v) is 12.1. The Labute approximate surface area is 106 Å². The summed E-state index contributed by atoms with van der Waals surface area (Å²) in [5.74, 6) is 0.753. The van der Waals surface area contributed by atoms with Gasteiger partial charge in [0.2, 0.25) is 0 Å². The van der Waals surface area contributed by atoms with Gasteiger partial charge in [-0.05, 0) is 38.0 Å². The maximum absolute atomic E-state index is 12.2. The molecular formula is C14H28N2O. The van der Waals surface area contributed by atoms with E-state index in [2.05, 4.69) is 20.8 Å². The molecule has 0 saturated carbocycles. The van der Waals surface area contributed by atoms with Crippen LogP contribution in [0.1, 0.15) is 47.5 Å². The van der Waals surface area contributed by atoms with Gasteiger partial charge >= 0.3 is 6.03 Å². The molecule has 1 fully saturated rings. The molecule has 0 N–H and O–H groups in total. The van der Waals surface area contributed by atoms with Crippen molar-refractivity contribution in [3.63, 3.8) is 0 Å². The van der Waals surface area contributed by atoms with Crippen LogP contribution in [0.15, 0.2) is 0 Å². The number of carbonyl (C=O) groups excluding carboxylic acids is 1. The van der Waals surface area contributed by atoms with E-state index in [9.17, 15) is 4.79 Å². The first kappa shape index (κ1) is 14.3. The number of piperidine rings is 1. The molecule has 0 radical (unpaired) electrons. The molecular weight excluding hydrogens is 212 g/mol. The molecule has 0 aromatic carbocycles. The lowest BCUT2D eigenvalue weighted by atomic mass is 9.75. The Hall–Kier alpha value is -0.730. The smallest absolute Gasteiger partial charge is 0.319 e. The summed E-state index contributed by atoms with van der Waals surface area (Å²) in [6, 6.07) is 0.224. The van der Waals surface area contributed by atoms with Gasteiger partial charge in [-0.3, -0.25) is 0 Å². The predicted octanol–water partition coefficient (Wildman–Crippen LogP) is 3.21. The van der Waals surface area contributed by atoms with Crippen molar-refractivity contribution in [2.24, 2.45) is 11.3 Å². The van der Waals surface area contributed by atoms with Gasteiger partial charge in [-0.1, -0.05) is 20.8 Å². The average Bonchev–Trinajstić information content (AvgIpc) is 2.29. The Morgan fingerprint density at radius 2 is 1.65 bits per heavy atom. The van der Waals surface area contributed by atoms with E-state index >= 15 is 0 Å². The maximum Gasteiger partial charge on any atom is 0.319 e. The van der Waals surface area contributed by atoms with E-state index in [-0.39, 0.29) is 6.03 Å². The third-order valence-corrected chi connectivity index (χ3v) is 4.02. The number of likely N-dealkylation sites (tertiary alicyclic amines) is 1. The van der Waals surface area contributed by atoms with Gasteiger partial charge in [0.05, 0.1) is 0 Å². The molecule has 100 valence electrons. The topological polar surface area (TPSA) is 23.6 Å². The van der Waals surface area contributed by atoms with Crippen LogP contribution in [0, 0.1) is 11.3 Å². The molecule has 3 nitrogen and oxygen atoms in total. The van der Waals surface area contributed by atoms with Crippen LogP contribution in [-0.4, -0.2) is 42.0 Å². The lowest BCUT2D eigenvalue weighted by molar-refractivity contribution is 0.104. The minimum absolute atomic E-state index is 0.224. The highest BCUT2D eigenvalue weighted by molar-refractivity contribution is 5.74. The molecule has 3 heteroatoms. The zero-order valence-electron chi connectivity index (χ0n) is 12.1. The first-order valence-electron chi connectivity index (χ1n) is 6.94. The largest absolute Gasteiger partial charge is 0.325 e. The molecule has 0 aromatic rings. The molecule has 17 heavy (non-hydrogen) atoms. The van der Waals surface area contributed by atoms with Crippen LogP contribution in [-0.2, 0) is 0 Å². The Morgan fingerprint density at radius 1 is 1.18 bits per heavy atom. The highest BCUT2D eigenvalue weighted by Gasteiger charge is 2.31. The molecule has 0 aromatic heterocycles. The summed E-state index contributed by atoms with van der Waals surface area (Å²) in [7, 11) is 0. The quantitative estimate of drug-likeness (QED) is 0.727. The van der Waals surface area contributed by atoms with Crippen molar-refractivity contribution in [2.45, 2.75) is 47.5 Å². The van der Waals surface area contributed by atoms with Gasteiger partial charge in [0.1, 0.15) is 0 Å². The van der Waals surface area contributed by atoms with Crippen molar-refractivity contribution in [3.8, 4) is 0 Å². The molecule has 2 amide bonds. The highest BCUT2D eigenvalue weighted by atomic mass is 16.2. The first-order chi connectivity index (χ1) is 7.90. The first-order valence-corrected chi connectivity index (χ1v) is 6.94. The van der Waals surface area contributed by atoms with Gasteiger partial charge in [0.15, 0.2) is 0 Å². The van der Waals surface area contributed by atoms with Gasteiger partial charge < -0.3 is 9.80 Å². The molecule has 1 heterocycles. The predicted molar refractivity (Wildman–Crippen MR) is 72.1 cm³/mol. The van der Waals surface area contributed by atoms with Crippen molar-refractivity contribution < 1.29 is 4.79 Å². The molecule has 0 spiro atoms. The molecule has 0 bridgehead atoms. The third kappa shape index (κ3) is 3.62. The number of urea groups is 1. The Balaban J connectivity index is 2.49. The van der Waals surface area contributed by atoms with Crippen LogP contribution < -0.4 is 0 Å². The monoisotopic (exact) mass is 240 g/mol. The van der Waals surface area contributed by atoms with Gasteiger partial charge in [-0.2, -0.15) is 0 Å². The van der Waals surface area contributed by atoms with Gasteiger partial charge in [0.25, 0.3) is 0 Å². The molecule has 1 rings (SSSR count). The normalized spacial score (nSPS) is 18.3. The van der Waals surface area contributed by atoms with E-state index in [0.29, 0.717) is 5.41 Å². The Kier molecular flexibility index (Phi) is 4.84. The lowest BCUT2D eigenvalue weighted by Gasteiger charge is -2.40. The Morgan fingerprint density at radius 3 is 2.00 bits per heavy atom. The summed E-state index contributed by atoms with van der Waals surface area (Å²) >= 11 is 0. The summed E-state index contributed by atoms with van der Waals surface area (Å²) in [5.41, 5.74) is 0.379. The van der Waals surface area contributed by atoms with E-state index in [4.69, 9.17) is 0 Å². The molecule has 0 unspecified atom stereocenters. The zero-order chi connectivity index (χ0) is 13.1. The molecule has 1 aliphatic heterocycles. The minimum atomic E-state index is 0.224. The fourth-order valence-corrected chi connectivity index (χ4v) is 2.63. The second-order valence-electron chi connectivity index (χ2n) is 6.08. The van der Waals surface area contributed by atoms with E-state index in [0.717, 1.165) is 44.9 Å². The lowest BCUT2D eigenvalue weighted by Crippen LogP contribution is -2.47. The van der Waals surface area contributed by atoms with Crippen molar-refractivity contribution in [2.75, 3.05) is 26.2 Å². The fourth-order valence-electron chi connectivity index (χ4n) is 2.63. The second kappa shape index (κ2) is 5.74. The summed E-state index contributed by atoms with van der Waals surface area (Å²) in [6.45, 7) is 14.5. The van der Waals surface area contributed by atoms with Gasteiger partial charge in [-0.25, -0.2) is 4.79 Å². The van der Waals surface area contributed by atoms with Gasteiger partial charge in [-0.15, -0.1) is 0 Å². The number of amides is 2. The number of nitrogens with zero attached hydrogens (tertiary/aromatic N) is 2. The second-order valence-corrected chi connectivity index (χ2v) is 6.08. The Bertz CT molecular complexity index is 245. The standard InChI is InChI=1S/C14H28N2O/c1-6-15(7-2)13(17)16-10-8-12(9-11-16)14(3,4)5/h12H,6-11H2,1-5H3. The fraction of sp³-hybridized carbons (Fsp3) is 0.929. The van der Waals surface area contributed by atoms with Crippen LogP contribution >= 0.6 is 0 Å². The number of rotatable bonds is 2. The molecule has 0 atom stereocenters. The minimum Gasteiger partial charge on any atom is -0.325 e. The van der Waals surface area contributed by atoms with E-state index in [1.54, 1.807) is 0 Å². The molecule has 1 saturated heterocycles. The van der Waals surface area contributed by atoms with E-state index < -0.39 is 0 Å². The third-order valence-electron chi connectivity index (χ3n) is 4.02.